The fraction of sp³-hybridized carbons (Fsp3) is 0.542. The van der Waals surface area contributed by atoms with E-state index in [0.717, 1.165) is 58.1 Å². The van der Waals surface area contributed by atoms with Gasteiger partial charge in [0.1, 0.15) is 11.6 Å². The van der Waals surface area contributed by atoms with Crippen molar-refractivity contribution in [1.29, 1.82) is 0 Å². The van der Waals surface area contributed by atoms with Gasteiger partial charge >= 0.3 is 0 Å². The van der Waals surface area contributed by atoms with Crippen LogP contribution in [0.4, 0.5) is 5.82 Å². The maximum Gasteiger partial charge on any atom is 0.179 e. The van der Waals surface area contributed by atoms with E-state index in [-0.39, 0.29) is 5.75 Å². The highest BCUT2D eigenvalue weighted by Crippen LogP contribution is 2.22. The molecule has 8 heteroatoms. The first kappa shape index (κ1) is 23.0. The number of aromatic nitrogens is 1. The number of pyridine rings is 1. The Morgan fingerprint density at radius 1 is 1.03 bits per heavy atom. The van der Waals surface area contributed by atoms with E-state index < -0.39 is 9.84 Å². The van der Waals surface area contributed by atoms with Gasteiger partial charge in [-0.15, -0.1) is 0 Å². The predicted octanol–water partition coefficient (Wildman–Crippen LogP) is 2.40. The van der Waals surface area contributed by atoms with E-state index in [1.165, 1.54) is 6.42 Å². The standard InChI is InChI=1S/C24H34N4O3S/c1-31-22-7-4-8-23(18-22)32(29,30)17-16-26-11-5-6-21(19-26)20-27-12-14-28(15-13-27)24-9-2-3-10-25-24/h2-4,7-10,18,21H,5-6,11-17,19-20H2,1H3. The average molecular weight is 459 g/mol. The normalized spacial score (nSPS) is 20.9. The quantitative estimate of drug-likeness (QED) is 0.602. The number of rotatable bonds is 8. The number of methoxy groups -OCH3 is 1. The first-order valence-electron chi connectivity index (χ1n) is 11.5. The monoisotopic (exact) mass is 458 g/mol. The van der Waals surface area contributed by atoms with Crippen molar-refractivity contribution < 1.29 is 13.2 Å². The minimum absolute atomic E-state index is 0.148. The lowest BCUT2D eigenvalue weighted by atomic mass is 9.97. The van der Waals surface area contributed by atoms with Crippen LogP contribution >= 0.6 is 0 Å². The van der Waals surface area contributed by atoms with Crippen molar-refractivity contribution in [1.82, 2.24) is 14.8 Å². The molecular formula is C24H34N4O3S. The number of hydrogen-bond donors (Lipinski definition) is 0. The van der Waals surface area contributed by atoms with Gasteiger partial charge in [-0.3, -0.25) is 4.90 Å². The van der Waals surface area contributed by atoms with Crippen LogP contribution in [0.15, 0.2) is 53.6 Å². The number of piperazine rings is 1. The van der Waals surface area contributed by atoms with Gasteiger partial charge in [-0.05, 0) is 55.6 Å². The first-order valence-corrected chi connectivity index (χ1v) is 13.2. The molecule has 2 aliphatic heterocycles. The molecule has 3 heterocycles. The second-order valence-corrected chi connectivity index (χ2v) is 10.9. The molecule has 1 unspecified atom stereocenters. The topological polar surface area (TPSA) is 66.0 Å². The lowest BCUT2D eigenvalue weighted by molar-refractivity contribution is 0.134. The smallest absolute Gasteiger partial charge is 0.179 e. The second-order valence-electron chi connectivity index (χ2n) is 8.78. The molecule has 0 bridgehead atoms. The summed E-state index contributed by atoms with van der Waals surface area (Å²) in [6, 6.07) is 12.8. The molecule has 2 aliphatic rings. The Hall–Kier alpha value is -2.16. The molecule has 1 aromatic carbocycles. The summed E-state index contributed by atoms with van der Waals surface area (Å²) in [4.78, 5) is 12.1. The van der Waals surface area contributed by atoms with Crippen molar-refractivity contribution in [3.8, 4) is 5.75 Å². The molecule has 0 spiro atoms. The van der Waals surface area contributed by atoms with Gasteiger partial charge in [0.25, 0.3) is 0 Å². The van der Waals surface area contributed by atoms with Crippen LogP contribution in [0.25, 0.3) is 0 Å². The third-order valence-electron chi connectivity index (χ3n) is 6.54. The zero-order chi connectivity index (χ0) is 22.4. The van der Waals surface area contributed by atoms with E-state index in [1.807, 2.05) is 18.3 Å². The summed E-state index contributed by atoms with van der Waals surface area (Å²) in [7, 11) is -1.76. The fourth-order valence-electron chi connectivity index (χ4n) is 4.73. The molecule has 32 heavy (non-hydrogen) atoms. The SMILES string of the molecule is COc1cccc(S(=O)(=O)CCN2CCCC(CN3CCN(c4ccccn4)CC3)C2)c1. The van der Waals surface area contributed by atoms with Crippen molar-refractivity contribution in [2.75, 3.05) is 70.1 Å². The number of piperidine rings is 1. The van der Waals surface area contributed by atoms with Gasteiger partial charge < -0.3 is 14.5 Å². The highest BCUT2D eigenvalue weighted by atomic mass is 32.2. The van der Waals surface area contributed by atoms with Crippen LogP contribution in [0.5, 0.6) is 5.75 Å². The molecule has 2 fully saturated rings. The van der Waals surface area contributed by atoms with Gasteiger partial charge in [0.05, 0.1) is 17.8 Å². The fourth-order valence-corrected chi connectivity index (χ4v) is 6.05. The third-order valence-corrected chi connectivity index (χ3v) is 8.23. The Bertz CT molecular complexity index is 962. The zero-order valence-corrected chi connectivity index (χ0v) is 19.7. The van der Waals surface area contributed by atoms with Crippen molar-refractivity contribution in [2.24, 2.45) is 5.92 Å². The molecule has 1 atom stereocenters. The van der Waals surface area contributed by atoms with Gasteiger partial charge in [0.2, 0.25) is 0 Å². The van der Waals surface area contributed by atoms with Gasteiger partial charge in [-0.2, -0.15) is 0 Å². The van der Waals surface area contributed by atoms with E-state index in [0.29, 0.717) is 23.1 Å². The number of benzene rings is 1. The van der Waals surface area contributed by atoms with Crippen LogP contribution in [0.1, 0.15) is 12.8 Å². The third kappa shape index (κ3) is 5.99. The van der Waals surface area contributed by atoms with E-state index >= 15 is 0 Å². The summed E-state index contributed by atoms with van der Waals surface area (Å²) in [6.07, 6.45) is 4.21. The highest BCUT2D eigenvalue weighted by Gasteiger charge is 2.26. The molecule has 0 saturated carbocycles. The van der Waals surface area contributed by atoms with Crippen molar-refractivity contribution in [3.63, 3.8) is 0 Å². The van der Waals surface area contributed by atoms with Gasteiger partial charge in [0.15, 0.2) is 9.84 Å². The number of sulfone groups is 1. The number of hydrogen-bond acceptors (Lipinski definition) is 7. The van der Waals surface area contributed by atoms with Gasteiger partial charge in [-0.1, -0.05) is 12.1 Å². The largest absolute Gasteiger partial charge is 0.497 e. The predicted molar refractivity (Wildman–Crippen MR) is 127 cm³/mol. The molecule has 0 radical (unpaired) electrons. The molecule has 0 N–H and O–H groups in total. The van der Waals surface area contributed by atoms with Crippen LogP contribution in [-0.2, 0) is 9.84 Å². The summed E-state index contributed by atoms with van der Waals surface area (Å²) >= 11 is 0. The highest BCUT2D eigenvalue weighted by molar-refractivity contribution is 7.91. The molecule has 0 amide bonds. The molecule has 174 valence electrons. The molecule has 7 nitrogen and oxygen atoms in total. The molecule has 4 rings (SSSR count). The lowest BCUT2D eigenvalue weighted by Gasteiger charge is -2.39. The summed E-state index contributed by atoms with van der Waals surface area (Å²) in [5.41, 5.74) is 0. The number of anilines is 1. The van der Waals surface area contributed by atoms with Crippen LogP contribution in [0, 0.1) is 5.92 Å². The van der Waals surface area contributed by atoms with Crippen molar-refractivity contribution in [2.45, 2.75) is 17.7 Å². The Morgan fingerprint density at radius 3 is 2.62 bits per heavy atom. The number of ether oxygens (including phenoxy) is 1. The molecule has 0 aliphatic carbocycles. The van der Waals surface area contributed by atoms with Gasteiger partial charge in [-0.25, -0.2) is 13.4 Å². The van der Waals surface area contributed by atoms with Crippen molar-refractivity contribution >= 4 is 15.7 Å². The zero-order valence-electron chi connectivity index (χ0n) is 18.9. The van der Waals surface area contributed by atoms with Gasteiger partial charge in [0, 0.05) is 52.0 Å². The minimum Gasteiger partial charge on any atom is -0.497 e. The molecule has 1 aromatic heterocycles. The molecular weight excluding hydrogens is 424 g/mol. The first-order chi connectivity index (χ1) is 15.5. The maximum atomic E-state index is 12.8. The van der Waals surface area contributed by atoms with E-state index in [9.17, 15) is 8.42 Å². The molecule has 2 aromatic rings. The number of likely N-dealkylation sites (tertiary alicyclic amines) is 1. The Labute approximate surface area is 191 Å². The maximum absolute atomic E-state index is 12.8. The minimum atomic E-state index is -3.31. The number of nitrogens with zero attached hydrogens (tertiary/aromatic N) is 4. The van der Waals surface area contributed by atoms with Crippen LogP contribution in [-0.4, -0.2) is 88.4 Å². The summed E-state index contributed by atoms with van der Waals surface area (Å²) in [5.74, 6) is 2.39. The molecule has 2 saturated heterocycles. The Balaban J connectivity index is 1.24. The van der Waals surface area contributed by atoms with E-state index in [4.69, 9.17) is 4.74 Å². The van der Waals surface area contributed by atoms with Crippen molar-refractivity contribution in [3.05, 3.63) is 48.7 Å². The van der Waals surface area contributed by atoms with E-state index in [1.54, 1.807) is 31.4 Å². The summed E-state index contributed by atoms with van der Waals surface area (Å²) in [5, 5.41) is 0. The van der Waals surface area contributed by atoms with Crippen LogP contribution in [0.2, 0.25) is 0 Å². The lowest BCUT2D eigenvalue weighted by Crippen LogP contribution is -2.50. The summed E-state index contributed by atoms with van der Waals surface area (Å²) in [6.45, 7) is 7.76. The second kappa shape index (κ2) is 10.6. The van der Waals surface area contributed by atoms with E-state index in [2.05, 4.69) is 25.8 Å². The Morgan fingerprint density at radius 2 is 1.88 bits per heavy atom. The summed E-state index contributed by atoms with van der Waals surface area (Å²) < 4.78 is 30.8. The average Bonchev–Trinajstić information content (AvgIpc) is 2.84. The van der Waals surface area contributed by atoms with Crippen LogP contribution in [0.3, 0.4) is 0 Å². The van der Waals surface area contributed by atoms with Crippen LogP contribution < -0.4 is 9.64 Å². The Kier molecular flexibility index (Phi) is 7.65.